The van der Waals surface area contributed by atoms with Crippen LogP contribution in [0, 0.1) is 0 Å². The van der Waals surface area contributed by atoms with Gasteiger partial charge in [0.15, 0.2) is 0 Å². The lowest BCUT2D eigenvalue weighted by atomic mass is 9.91. The van der Waals surface area contributed by atoms with Gasteiger partial charge in [-0.3, -0.25) is 9.59 Å². The van der Waals surface area contributed by atoms with Crippen LogP contribution in [0.2, 0.25) is 0 Å². The average Bonchev–Trinajstić information content (AvgIpc) is 2.72. The minimum absolute atomic E-state index is 0.0269. The van der Waals surface area contributed by atoms with Crippen LogP contribution < -0.4 is 0 Å². The van der Waals surface area contributed by atoms with Gasteiger partial charge in [-0.05, 0) is 36.1 Å². The van der Waals surface area contributed by atoms with E-state index in [4.69, 9.17) is 0 Å². The smallest absolute Gasteiger partial charge is 0.250 e. The number of carbonyl (C=O) groups is 2. The van der Waals surface area contributed by atoms with Crippen LogP contribution in [0.5, 0.6) is 0 Å². The Morgan fingerprint density at radius 2 is 1.68 bits per heavy atom. The van der Waals surface area contributed by atoms with E-state index in [0.717, 1.165) is 41.3 Å². The van der Waals surface area contributed by atoms with Gasteiger partial charge in [-0.2, -0.15) is 0 Å². The van der Waals surface area contributed by atoms with Gasteiger partial charge < -0.3 is 9.80 Å². The van der Waals surface area contributed by atoms with Crippen molar-refractivity contribution in [1.82, 2.24) is 9.80 Å². The number of halogens is 1. The second kappa shape index (κ2) is 8.48. The first-order valence-corrected chi connectivity index (χ1v) is 10.8. The second-order valence-corrected chi connectivity index (χ2v) is 8.64. The molecule has 0 bridgehead atoms. The topological polar surface area (TPSA) is 40.6 Å². The van der Waals surface area contributed by atoms with E-state index in [2.05, 4.69) is 15.9 Å². The Hall–Kier alpha value is -2.14. The highest BCUT2D eigenvalue weighted by Gasteiger charge is 2.42. The maximum absolute atomic E-state index is 13.6. The Balaban J connectivity index is 1.68. The molecule has 1 heterocycles. The molecule has 1 atom stereocenters. The Bertz CT molecular complexity index is 849. The van der Waals surface area contributed by atoms with Crippen LogP contribution in [0.4, 0.5) is 0 Å². The summed E-state index contributed by atoms with van der Waals surface area (Å²) < 4.78 is 0.916. The van der Waals surface area contributed by atoms with Crippen LogP contribution in [-0.4, -0.2) is 34.2 Å². The normalized spacial score (nSPS) is 21.2. The van der Waals surface area contributed by atoms with E-state index < -0.39 is 6.04 Å². The molecule has 2 fully saturated rings. The lowest BCUT2D eigenvalue weighted by Gasteiger charge is -2.44. The van der Waals surface area contributed by atoms with Crippen LogP contribution in [0.15, 0.2) is 59.1 Å². The molecular weight excluding hydrogens is 416 g/mol. The van der Waals surface area contributed by atoms with E-state index in [1.54, 1.807) is 4.90 Å². The third-order valence-corrected chi connectivity index (χ3v) is 6.32. The summed E-state index contributed by atoms with van der Waals surface area (Å²) in [7, 11) is 0. The SMILES string of the molecule is O=C1[C@@H](c2cccc(Br)c2)N(Cc2ccccc2)C(=O)CN1C1CCCCC1. The van der Waals surface area contributed by atoms with Crippen LogP contribution in [0.1, 0.15) is 49.3 Å². The van der Waals surface area contributed by atoms with Gasteiger partial charge in [0.05, 0.1) is 0 Å². The molecular formula is C23H25BrN2O2. The number of rotatable bonds is 4. The number of hydrogen-bond donors (Lipinski definition) is 0. The summed E-state index contributed by atoms with van der Waals surface area (Å²) in [5, 5.41) is 0. The first-order valence-electron chi connectivity index (χ1n) is 10.0. The predicted octanol–water partition coefficient (Wildman–Crippen LogP) is 4.69. The highest BCUT2D eigenvalue weighted by molar-refractivity contribution is 9.10. The van der Waals surface area contributed by atoms with Crippen LogP contribution in [0.3, 0.4) is 0 Å². The second-order valence-electron chi connectivity index (χ2n) is 7.72. The summed E-state index contributed by atoms with van der Waals surface area (Å²) in [5.74, 6) is 0.0829. The van der Waals surface area contributed by atoms with E-state index in [-0.39, 0.29) is 24.4 Å². The molecule has 0 N–H and O–H groups in total. The molecule has 2 aromatic rings. The van der Waals surface area contributed by atoms with Gasteiger partial charge in [-0.15, -0.1) is 0 Å². The number of nitrogens with zero attached hydrogens (tertiary/aromatic N) is 2. The van der Waals surface area contributed by atoms with Gasteiger partial charge >= 0.3 is 0 Å². The summed E-state index contributed by atoms with van der Waals surface area (Å²) in [4.78, 5) is 30.4. The van der Waals surface area contributed by atoms with Crippen LogP contribution in [-0.2, 0) is 16.1 Å². The largest absolute Gasteiger partial charge is 0.328 e. The van der Waals surface area contributed by atoms with Crippen molar-refractivity contribution in [2.45, 2.75) is 50.7 Å². The first kappa shape index (κ1) is 19.2. The number of benzene rings is 2. The van der Waals surface area contributed by atoms with E-state index in [9.17, 15) is 9.59 Å². The third kappa shape index (κ3) is 4.00. The lowest BCUT2D eigenvalue weighted by molar-refractivity contribution is -0.160. The zero-order valence-corrected chi connectivity index (χ0v) is 17.5. The Morgan fingerprint density at radius 1 is 0.929 bits per heavy atom. The molecule has 0 radical (unpaired) electrons. The first-order chi connectivity index (χ1) is 13.6. The number of carbonyl (C=O) groups excluding carboxylic acids is 2. The van der Waals surface area contributed by atoms with E-state index in [1.807, 2.05) is 59.5 Å². The third-order valence-electron chi connectivity index (χ3n) is 5.83. The molecule has 4 rings (SSSR count). The van der Waals surface area contributed by atoms with Crippen LogP contribution >= 0.6 is 15.9 Å². The Morgan fingerprint density at radius 3 is 2.39 bits per heavy atom. The van der Waals surface area contributed by atoms with Gasteiger partial charge in [0.1, 0.15) is 12.6 Å². The van der Waals surface area contributed by atoms with Crippen molar-refractivity contribution in [3.05, 3.63) is 70.2 Å². The van der Waals surface area contributed by atoms with Gasteiger partial charge in [-0.1, -0.05) is 77.7 Å². The fourth-order valence-electron chi connectivity index (χ4n) is 4.41. The minimum Gasteiger partial charge on any atom is -0.328 e. The molecule has 2 aliphatic rings. The number of hydrogen-bond acceptors (Lipinski definition) is 2. The van der Waals surface area contributed by atoms with Gasteiger partial charge in [-0.25, -0.2) is 0 Å². The molecule has 146 valence electrons. The monoisotopic (exact) mass is 440 g/mol. The summed E-state index contributed by atoms with van der Waals surface area (Å²) in [6, 6.07) is 17.3. The van der Waals surface area contributed by atoms with Crippen molar-refractivity contribution in [3.63, 3.8) is 0 Å². The summed E-state index contributed by atoms with van der Waals surface area (Å²) in [6.07, 6.45) is 5.50. The van der Waals surface area contributed by atoms with Gasteiger partial charge in [0.25, 0.3) is 5.91 Å². The van der Waals surface area contributed by atoms with Crippen molar-refractivity contribution in [3.8, 4) is 0 Å². The molecule has 2 aromatic carbocycles. The zero-order chi connectivity index (χ0) is 19.5. The molecule has 1 aliphatic heterocycles. The average molecular weight is 441 g/mol. The van der Waals surface area contributed by atoms with Gasteiger partial charge in [0, 0.05) is 17.1 Å². The van der Waals surface area contributed by atoms with E-state index >= 15 is 0 Å². The Kier molecular flexibility index (Phi) is 5.81. The van der Waals surface area contributed by atoms with E-state index in [1.165, 1.54) is 6.42 Å². The highest BCUT2D eigenvalue weighted by atomic mass is 79.9. The molecule has 28 heavy (non-hydrogen) atoms. The molecule has 1 saturated heterocycles. The number of amides is 2. The molecule has 0 aromatic heterocycles. The fraction of sp³-hybridized carbons (Fsp3) is 0.391. The summed E-state index contributed by atoms with van der Waals surface area (Å²) in [5.41, 5.74) is 1.90. The highest BCUT2D eigenvalue weighted by Crippen LogP contribution is 2.34. The standard InChI is InChI=1S/C23H25BrN2O2/c24-19-11-7-10-18(14-19)22-23(28)25(20-12-5-2-6-13-20)16-21(27)26(22)15-17-8-3-1-4-9-17/h1,3-4,7-11,14,20,22H,2,5-6,12-13,15-16H2/t22-/m1/s1. The van der Waals surface area contributed by atoms with Crippen molar-refractivity contribution < 1.29 is 9.59 Å². The molecule has 0 unspecified atom stereocenters. The van der Waals surface area contributed by atoms with Crippen molar-refractivity contribution in [1.29, 1.82) is 0 Å². The molecule has 1 saturated carbocycles. The van der Waals surface area contributed by atoms with E-state index in [0.29, 0.717) is 6.54 Å². The van der Waals surface area contributed by atoms with Crippen molar-refractivity contribution >= 4 is 27.7 Å². The fourth-order valence-corrected chi connectivity index (χ4v) is 4.83. The molecule has 1 aliphatic carbocycles. The molecule has 0 spiro atoms. The molecule has 4 nitrogen and oxygen atoms in total. The molecule has 2 amide bonds. The zero-order valence-electron chi connectivity index (χ0n) is 15.9. The minimum atomic E-state index is -0.569. The van der Waals surface area contributed by atoms with Crippen molar-refractivity contribution in [2.75, 3.05) is 6.54 Å². The van der Waals surface area contributed by atoms with Crippen LogP contribution in [0.25, 0.3) is 0 Å². The summed E-state index contributed by atoms with van der Waals surface area (Å²) in [6.45, 7) is 0.641. The molecule has 5 heteroatoms. The lowest BCUT2D eigenvalue weighted by Crippen LogP contribution is -2.58. The Labute approximate surface area is 174 Å². The predicted molar refractivity (Wildman–Crippen MR) is 112 cm³/mol. The number of piperazine rings is 1. The van der Waals surface area contributed by atoms with Crippen molar-refractivity contribution in [2.24, 2.45) is 0 Å². The maximum Gasteiger partial charge on any atom is 0.250 e. The van der Waals surface area contributed by atoms with Gasteiger partial charge in [0.2, 0.25) is 5.91 Å². The summed E-state index contributed by atoms with van der Waals surface area (Å²) >= 11 is 3.51. The maximum atomic E-state index is 13.6. The quantitative estimate of drug-likeness (QED) is 0.691.